The summed E-state index contributed by atoms with van der Waals surface area (Å²) in [6.45, 7) is 6.40. The Balaban J connectivity index is 2.46. The van der Waals surface area contributed by atoms with Crippen LogP contribution in [0.15, 0.2) is 0 Å². The molecule has 1 fully saturated rings. The van der Waals surface area contributed by atoms with E-state index in [1.54, 1.807) is 0 Å². The van der Waals surface area contributed by atoms with E-state index in [-0.39, 0.29) is 19.1 Å². The van der Waals surface area contributed by atoms with Crippen LogP contribution in [0.25, 0.3) is 0 Å². The van der Waals surface area contributed by atoms with Crippen LogP contribution in [-0.4, -0.2) is 36.6 Å². The van der Waals surface area contributed by atoms with Gasteiger partial charge >= 0.3 is 11.9 Å². The lowest BCUT2D eigenvalue weighted by Gasteiger charge is -2.34. The predicted molar refractivity (Wildman–Crippen MR) is 122 cm³/mol. The van der Waals surface area contributed by atoms with Crippen molar-refractivity contribution in [2.24, 2.45) is 11.8 Å². The summed E-state index contributed by atoms with van der Waals surface area (Å²) in [4.78, 5) is 34.5. The van der Waals surface area contributed by atoms with Crippen LogP contribution >= 0.6 is 0 Å². The van der Waals surface area contributed by atoms with E-state index in [2.05, 4.69) is 12.2 Å². The summed E-state index contributed by atoms with van der Waals surface area (Å²) in [5.74, 6) is 0.563. The number of rotatable bonds is 15. The summed E-state index contributed by atoms with van der Waals surface area (Å²) in [5, 5.41) is 2.89. The first-order valence-electron chi connectivity index (χ1n) is 12.3. The number of amides is 1. The van der Waals surface area contributed by atoms with Gasteiger partial charge in [-0.15, -0.1) is 0 Å². The molecule has 1 N–H and O–H groups in total. The Kier molecular flexibility index (Phi) is 13.5. The lowest BCUT2D eigenvalue weighted by Crippen LogP contribution is -2.55. The van der Waals surface area contributed by atoms with Crippen molar-refractivity contribution in [3.05, 3.63) is 0 Å². The molecule has 1 rings (SSSR count). The van der Waals surface area contributed by atoms with E-state index < -0.39 is 17.5 Å². The van der Waals surface area contributed by atoms with Crippen molar-refractivity contribution in [2.75, 3.05) is 13.2 Å². The molecule has 0 bridgehead atoms. The summed E-state index contributed by atoms with van der Waals surface area (Å²) in [6.07, 6.45) is 16.0. The molecule has 0 saturated heterocycles. The first kappa shape index (κ1) is 27.4. The molecule has 0 aromatic rings. The van der Waals surface area contributed by atoms with E-state index >= 15 is 0 Å². The van der Waals surface area contributed by atoms with Crippen LogP contribution in [0.2, 0.25) is 0 Å². The average Bonchev–Trinajstić information content (AvgIpc) is 2.71. The highest BCUT2D eigenvalue weighted by Gasteiger charge is 2.34. The quantitative estimate of drug-likeness (QED) is 0.276. The second-order valence-electron chi connectivity index (χ2n) is 9.50. The van der Waals surface area contributed by atoms with E-state index in [0.717, 1.165) is 18.8 Å². The fourth-order valence-corrected chi connectivity index (χ4v) is 4.75. The highest BCUT2D eigenvalue weighted by molar-refractivity contribution is 5.74. The molecule has 0 aromatic heterocycles. The molecule has 180 valence electrons. The van der Waals surface area contributed by atoms with Gasteiger partial charge in [0.1, 0.15) is 18.8 Å². The van der Waals surface area contributed by atoms with E-state index in [9.17, 15) is 14.4 Å². The second-order valence-corrected chi connectivity index (χ2v) is 9.50. The molecule has 0 heterocycles. The van der Waals surface area contributed by atoms with Crippen LogP contribution in [0.1, 0.15) is 111 Å². The Morgan fingerprint density at radius 3 is 1.71 bits per heavy atom. The fraction of sp³-hybridized carbons (Fsp3) is 0.880. The van der Waals surface area contributed by atoms with Gasteiger partial charge in [-0.05, 0) is 18.3 Å². The molecule has 0 spiro atoms. The van der Waals surface area contributed by atoms with Crippen LogP contribution in [0.4, 0.5) is 0 Å². The van der Waals surface area contributed by atoms with E-state index in [0.29, 0.717) is 12.3 Å². The van der Waals surface area contributed by atoms with Crippen molar-refractivity contribution in [2.45, 2.75) is 117 Å². The third kappa shape index (κ3) is 12.8. The van der Waals surface area contributed by atoms with Gasteiger partial charge in [-0.25, -0.2) is 0 Å². The zero-order chi connectivity index (χ0) is 23.1. The molecule has 6 heteroatoms. The zero-order valence-electron chi connectivity index (χ0n) is 20.3. The minimum absolute atomic E-state index is 0.0139. The van der Waals surface area contributed by atoms with E-state index in [1.807, 2.05) is 0 Å². The number of hydrogen-bond acceptors (Lipinski definition) is 5. The van der Waals surface area contributed by atoms with Crippen LogP contribution < -0.4 is 5.32 Å². The molecular weight excluding hydrogens is 394 g/mol. The highest BCUT2D eigenvalue weighted by Crippen LogP contribution is 2.35. The highest BCUT2D eigenvalue weighted by atomic mass is 16.5. The molecular formula is C25H45NO5. The van der Waals surface area contributed by atoms with Crippen molar-refractivity contribution in [3.8, 4) is 0 Å². The first-order valence-corrected chi connectivity index (χ1v) is 12.3. The van der Waals surface area contributed by atoms with Crippen LogP contribution in [0, 0.1) is 11.8 Å². The molecule has 0 radical (unpaired) electrons. The molecule has 1 amide bonds. The Labute approximate surface area is 189 Å². The van der Waals surface area contributed by atoms with Crippen LogP contribution in [0.5, 0.6) is 0 Å². The van der Waals surface area contributed by atoms with E-state index in [1.165, 1.54) is 85.0 Å². The number of esters is 2. The molecule has 31 heavy (non-hydrogen) atoms. The minimum Gasteiger partial charge on any atom is -0.463 e. The number of carbonyl (C=O) groups excluding carboxylic acids is 3. The maximum Gasteiger partial charge on any atom is 0.302 e. The van der Waals surface area contributed by atoms with Crippen molar-refractivity contribution in [1.82, 2.24) is 5.32 Å². The molecule has 1 saturated carbocycles. The maximum absolute atomic E-state index is 11.8. The molecule has 6 nitrogen and oxygen atoms in total. The smallest absolute Gasteiger partial charge is 0.302 e. The standard InChI is InChI=1S/C25H45NO5/c1-5-6-7-8-9-11-23-13-15-24(16-14-23)12-10-17-25(26-20(2)27,18-30-21(3)28)19-31-22(4)29/h23-24H,5-19H2,1-4H3,(H,26,27). The van der Waals surface area contributed by atoms with Crippen LogP contribution in [-0.2, 0) is 23.9 Å². The lowest BCUT2D eigenvalue weighted by molar-refractivity contribution is -0.150. The normalized spacial score (nSPS) is 19.0. The maximum atomic E-state index is 11.8. The van der Waals surface area contributed by atoms with Gasteiger partial charge in [0.2, 0.25) is 5.91 Å². The Morgan fingerprint density at radius 2 is 1.26 bits per heavy atom. The molecule has 0 unspecified atom stereocenters. The van der Waals surface area contributed by atoms with Crippen molar-refractivity contribution < 1.29 is 23.9 Å². The number of nitrogens with one attached hydrogen (secondary N) is 1. The third-order valence-corrected chi connectivity index (χ3v) is 6.49. The molecule has 1 aliphatic carbocycles. The monoisotopic (exact) mass is 439 g/mol. The number of ether oxygens (including phenoxy) is 2. The lowest BCUT2D eigenvalue weighted by atomic mass is 9.77. The van der Waals surface area contributed by atoms with Crippen LogP contribution in [0.3, 0.4) is 0 Å². The molecule has 0 aromatic carbocycles. The Hall–Kier alpha value is -1.59. The van der Waals surface area contributed by atoms with E-state index in [4.69, 9.17) is 9.47 Å². The summed E-state index contributed by atoms with van der Waals surface area (Å²) in [5.41, 5.74) is -0.862. The third-order valence-electron chi connectivity index (χ3n) is 6.49. The van der Waals surface area contributed by atoms with Crippen molar-refractivity contribution in [3.63, 3.8) is 0 Å². The molecule has 1 aliphatic rings. The predicted octanol–water partition coefficient (Wildman–Crippen LogP) is 5.32. The van der Waals surface area contributed by atoms with Gasteiger partial charge in [-0.1, -0.05) is 84.0 Å². The van der Waals surface area contributed by atoms with Gasteiger partial charge in [0.05, 0.1) is 0 Å². The number of unbranched alkanes of at least 4 members (excludes halogenated alkanes) is 4. The SMILES string of the molecule is CCCCCCCC1CCC(CCCC(COC(C)=O)(COC(C)=O)NC(C)=O)CC1. The van der Waals surface area contributed by atoms with Gasteiger partial charge in [-0.3, -0.25) is 14.4 Å². The number of carbonyl (C=O) groups is 3. The summed E-state index contributed by atoms with van der Waals surface area (Å²) >= 11 is 0. The first-order chi connectivity index (χ1) is 14.8. The van der Waals surface area contributed by atoms with Crippen molar-refractivity contribution >= 4 is 17.8 Å². The van der Waals surface area contributed by atoms with Gasteiger partial charge in [0, 0.05) is 20.8 Å². The molecule has 0 aliphatic heterocycles. The average molecular weight is 440 g/mol. The van der Waals surface area contributed by atoms with Crippen molar-refractivity contribution in [1.29, 1.82) is 0 Å². The summed E-state index contributed by atoms with van der Waals surface area (Å²) in [6, 6.07) is 0. The Bertz CT molecular complexity index is 522. The van der Waals surface area contributed by atoms with Gasteiger partial charge < -0.3 is 14.8 Å². The topological polar surface area (TPSA) is 81.7 Å². The Morgan fingerprint density at radius 1 is 0.774 bits per heavy atom. The van der Waals surface area contributed by atoms with Gasteiger partial charge in [0.15, 0.2) is 0 Å². The molecule has 0 atom stereocenters. The zero-order valence-corrected chi connectivity index (χ0v) is 20.3. The largest absolute Gasteiger partial charge is 0.463 e. The second kappa shape index (κ2) is 15.3. The summed E-state index contributed by atoms with van der Waals surface area (Å²) < 4.78 is 10.4. The van der Waals surface area contributed by atoms with Gasteiger partial charge in [0.25, 0.3) is 0 Å². The fourth-order valence-electron chi connectivity index (χ4n) is 4.75. The number of hydrogen-bond donors (Lipinski definition) is 1. The minimum atomic E-state index is -0.862. The van der Waals surface area contributed by atoms with Gasteiger partial charge in [-0.2, -0.15) is 0 Å². The summed E-state index contributed by atoms with van der Waals surface area (Å²) in [7, 11) is 0.